The topological polar surface area (TPSA) is 0 Å². The van der Waals surface area contributed by atoms with Crippen molar-refractivity contribution in [3.63, 3.8) is 0 Å². The first kappa shape index (κ1) is 8.69. The summed E-state index contributed by atoms with van der Waals surface area (Å²) < 4.78 is 1.34. The fourth-order valence-corrected chi connectivity index (χ4v) is 2.73. The zero-order valence-electron chi connectivity index (χ0n) is 8.10. The predicted molar refractivity (Wildman–Crippen MR) is 66.1 cm³/mol. The SMILES string of the molecule is [c]1cccc(-c2cc3ccccc3s2)c1. The Labute approximate surface area is 92.8 Å². The number of rotatable bonds is 1. The van der Waals surface area contributed by atoms with Crippen LogP contribution < -0.4 is 0 Å². The summed E-state index contributed by atoms with van der Waals surface area (Å²) in [6.07, 6.45) is 0. The summed E-state index contributed by atoms with van der Waals surface area (Å²) in [5.41, 5.74) is 1.25. The average Bonchev–Trinajstić information content (AvgIpc) is 2.74. The van der Waals surface area contributed by atoms with Crippen LogP contribution in [0.15, 0.2) is 54.6 Å². The van der Waals surface area contributed by atoms with Crippen LogP contribution >= 0.6 is 11.3 Å². The quantitative estimate of drug-likeness (QED) is 0.558. The highest BCUT2D eigenvalue weighted by molar-refractivity contribution is 7.22. The molecule has 3 aromatic rings. The van der Waals surface area contributed by atoms with Gasteiger partial charge in [-0.1, -0.05) is 36.4 Å². The van der Waals surface area contributed by atoms with Crippen LogP contribution in [0.3, 0.4) is 0 Å². The third-order valence-corrected chi connectivity index (χ3v) is 3.58. The Morgan fingerprint density at radius 1 is 1.00 bits per heavy atom. The Balaban J connectivity index is 2.21. The van der Waals surface area contributed by atoms with Crippen molar-refractivity contribution < 1.29 is 0 Å². The molecule has 15 heavy (non-hydrogen) atoms. The van der Waals surface area contributed by atoms with E-state index >= 15 is 0 Å². The van der Waals surface area contributed by atoms with Gasteiger partial charge < -0.3 is 0 Å². The first-order valence-corrected chi connectivity index (χ1v) is 5.70. The first-order valence-electron chi connectivity index (χ1n) is 4.88. The molecular weight excluding hydrogens is 200 g/mol. The molecule has 0 nitrogen and oxygen atoms in total. The van der Waals surface area contributed by atoms with Crippen LogP contribution in [0.1, 0.15) is 0 Å². The van der Waals surface area contributed by atoms with Crippen LogP contribution in [0.5, 0.6) is 0 Å². The summed E-state index contributed by atoms with van der Waals surface area (Å²) in [6.45, 7) is 0. The zero-order chi connectivity index (χ0) is 10.1. The van der Waals surface area contributed by atoms with Gasteiger partial charge in [-0.3, -0.25) is 0 Å². The minimum Gasteiger partial charge on any atom is -0.135 e. The molecule has 0 aliphatic rings. The maximum absolute atomic E-state index is 3.11. The van der Waals surface area contributed by atoms with E-state index in [-0.39, 0.29) is 0 Å². The van der Waals surface area contributed by atoms with E-state index in [2.05, 4.69) is 42.5 Å². The molecule has 0 saturated carbocycles. The third-order valence-electron chi connectivity index (χ3n) is 2.42. The maximum Gasteiger partial charge on any atom is 0.0355 e. The second-order valence-electron chi connectivity index (χ2n) is 3.44. The summed E-state index contributed by atoms with van der Waals surface area (Å²) in [4.78, 5) is 1.31. The molecule has 0 aliphatic carbocycles. The van der Waals surface area contributed by atoms with Crippen LogP contribution in [0.4, 0.5) is 0 Å². The molecule has 2 aromatic carbocycles. The molecular formula is C14H9S. The van der Waals surface area contributed by atoms with Gasteiger partial charge in [-0.2, -0.15) is 0 Å². The normalized spacial score (nSPS) is 10.7. The zero-order valence-corrected chi connectivity index (χ0v) is 8.92. The van der Waals surface area contributed by atoms with Crippen molar-refractivity contribution in [3.8, 4) is 10.4 Å². The monoisotopic (exact) mass is 209 g/mol. The summed E-state index contributed by atoms with van der Waals surface area (Å²) in [7, 11) is 0. The number of hydrogen-bond acceptors (Lipinski definition) is 1. The summed E-state index contributed by atoms with van der Waals surface area (Å²) >= 11 is 1.83. The van der Waals surface area contributed by atoms with Gasteiger partial charge in [-0.15, -0.1) is 11.3 Å². The summed E-state index contributed by atoms with van der Waals surface area (Å²) in [6, 6.07) is 21.9. The summed E-state index contributed by atoms with van der Waals surface area (Å²) in [5.74, 6) is 0. The fraction of sp³-hybridized carbons (Fsp3) is 0. The highest BCUT2D eigenvalue weighted by atomic mass is 32.1. The van der Waals surface area contributed by atoms with Gasteiger partial charge in [0.1, 0.15) is 0 Å². The number of benzene rings is 2. The van der Waals surface area contributed by atoms with Crippen molar-refractivity contribution in [2.75, 3.05) is 0 Å². The van der Waals surface area contributed by atoms with Gasteiger partial charge in [0.25, 0.3) is 0 Å². The lowest BCUT2D eigenvalue weighted by Crippen LogP contribution is -1.68. The van der Waals surface area contributed by atoms with Gasteiger partial charge in [0, 0.05) is 9.58 Å². The molecule has 1 heterocycles. The summed E-state index contributed by atoms with van der Waals surface area (Å²) in [5, 5.41) is 1.32. The molecule has 1 heteroatoms. The van der Waals surface area contributed by atoms with E-state index in [0.29, 0.717) is 0 Å². The Morgan fingerprint density at radius 2 is 1.93 bits per heavy atom. The van der Waals surface area contributed by atoms with Gasteiger partial charge in [0.05, 0.1) is 0 Å². The van der Waals surface area contributed by atoms with Crippen molar-refractivity contribution in [2.24, 2.45) is 0 Å². The third kappa shape index (κ3) is 1.55. The van der Waals surface area contributed by atoms with Gasteiger partial charge >= 0.3 is 0 Å². The molecule has 1 aromatic heterocycles. The molecule has 0 bridgehead atoms. The highest BCUT2D eigenvalue weighted by Gasteiger charge is 2.02. The first-order chi connectivity index (χ1) is 7.43. The van der Waals surface area contributed by atoms with E-state index < -0.39 is 0 Å². The van der Waals surface area contributed by atoms with E-state index in [0.717, 1.165) is 0 Å². The average molecular weight is 209 g/mol. The lowest BCUT2D eigenvalue weighted by atomic mass is 10.2. The molecule has 0 aliphatic heterocycles. The van der Waals surface area contributed by atoms with Crippen molar-refractivity contribution in [1.29, 1.82) is 0 Å². The molecule has 3 rings (SSSR count). The van der Waals surface area contributed by atoms with Crippen LogP contribution in [-0.2, 0) is 0 Å². The molecule has 0 unspecified atom stereocenters. The van der Waals surface area contributed by atoms with Gasteiger partial charge in [-0.25, -0.2) is 0 Å². The van der Waals surface area contributed by atoms with E-state index in [1.54, 1.807) is 0 Å². The van der Waals surface area contributed by atoms with E-state index in [4.69, 9.17) is 0 Å². The Hall–Kier alpha value is -1.60. The minimum absolute atomic E-state index is 1.25. The van der Waals surface area contributed by atoms with Crippen molar-refractivity contribution in [3.05, 3.63) is 60.7 Å². The van der Waals surface area contributed by atoms with Crippen LogP contribution in [0, 0.1) is 6.07 Å². The molecule has 0 atom stereocenters. The Kier molecular flexibility index (Phi) is 2.04. The molecule has 0 spiro atoms. The lowest BCUT2D eigenvalue weighted by Gasteiger charge is -1.93. The van der Waals surface area contributed by atoms with Crippen LogP contribution in [0.25, 0.3) is 20.5 Å². The molecule has 0 N–H and O–H groups in total. The lowest BCUT2D eigenvalue weighted by molar-refractivity contribution is 1.69. The molecule has 1 radical (unpaired) electrons. The maximum atomic E-state index is 3.11. The van der Waals surface area contributed by atoms with Crippen molar-refractivity contribution in [1.82, 2.24) is 0 Å². The van der Waals surface area contributed by atoms with Crippen molar-refractivity contribution in [2.45, 2.75) is 0 Å². The predicted octanol–water partition coefficient (Wildman–Crippen LogP) is 4.37. The second kappa shape index (κ2) is 3.52. The largest absolute Gasteiger partial charge is 0.135 e. The smallest absolute Gasteiger partial charge is 0.0355 e. The molecule has 0 amide bonds. The standard InChI is InChI=1S/C14H9S/c1-2-6-11(7-3-1)14-10-12-8-4-5-9-13(12)15-14/h1-2,4-10H. The second-order valence-corrected chi connectivity index (χ2v) is 4.52. The van der Waals surface area contributed by atoms with E-state index in [9.17, 15) is 0 Å². The van der Waals surface area contributed by atoms with Crippen LogP contribution in [-0.4, -0.2) is 0 Å². The van der Waals surface area contributed by atoms with E-state index in [1.807, 2.05) is 29.5 Å². The van der Waals surface area contributed by atoms with E-state index in [1.165, 1.54) is 20.5 Å². The molecule has 0 saturated heterocycles. The van der Waals surface area contributed by atoms with Crippen molar-refractivity contribution >= 4 is 21.4 Å². The van der Waals surface area contributed by atoms with Crippen LogP contribution in [0.2, 0.25) is 0 Å². The number of fused-ring (bicyclic) bond motifs is 1. The Morgan fingerprint density at radius 3 is 2.73 bits per heavy atom. The molecule has 71 valence electrons. The number of hydrogen-bond donors (Lipinski definition) is 0. The van der Waals surface area contributed by atoms with Gasteiger partial charge in [0.15, 0.2) is 0 Å². The highest BCUT2D eigenvalue weighted by Crippen LogP contribution is 2.32. The minimum atomic E-state index is 1.25. The molecule has 0 fully saturated rings. The fourth-order valence-electron chi connectivity index (χ4n) is 1.67. The van der Waals surface area contributed by atoms with Gasteiger partial charge in [0.2, 0.25) is 0 Å². The van der Waals surface area contributed by atoms with Gasteiger partial charge in [-0.05, 0) is 35.2 Å². The number of thiophene rings is 1. The Bertz CT molecular complexity index is 545.